The van der Waals surface area contributed by atoms with E-state index in [4.69, 9.17) is 15.4 Å². The monoisotopic (exact) mass is 331 g/mol. The highest BCUT2D eigenvalue weighted by Gasteiger charge is 2.46. The first-order chi connectivity index (χ1) is 9.70. The number of carbonyl (C=O) groups excluding carboxylic acids is 1. The molecule has 116 valence electrons. The lowest BCUT2D eigenvalue weighted by molar-refractivity contribution is 0.0753. The Balaban J connectivity index is 2.02. The van der Waals surface area contributed by atoms with E-state index in [2.05, 4.69) is 0 Å². The summed E-state index contributed by atoms with van der Waals surface area (Å²) in [6, 6.07) is 9.31. The maximum absolute atomic E-state index is 12.2. The lowest BCUT2D eigenvalue weighted by Gasteiger charge is -2.30. The van der Waals surface area contributed by atoms with Crippen LogP contribution in [-0.2, 0) is 20.4 Å². The second-order valence-corrected chi connectivity index (χ2v) is 8.67. The molecule has 1 amide bonds. The zero-order chi connectivity index (χ0) is 15.7. The maximum Gasteiger partial charge on any atom is 0.410 e. The van der Waals surface area contributed by atoms with Crippen LogP contribution >= 0.6 is 10.7 Å². The smallest absolute Gasteiger partial charge is 0.410 e. The van der Waals surface area contributed by atoms with E-state index in [0.29, 0.717) is 6.42 Å². The van der Waals surface area contributed by atoms with Gasteiger partial charge in [-0.25, -0.2) is 13.2 Å². The third-order valence-electron chi connectivity index (χ3n) is 3.67. The summed E-state index contributed by atoms with van der Waals surface area (Å²) in [4.78, 5) is 13.6. The lowest BCUT2D eigenvalue weighted by atomic mass is 10.0. The third-order valence-corrected chi connectivity index (χ3v) is 5.54. The van der Waals surface area contributed by atoms with Crippen molar-refractivity contribution < 1.29 is 17.9 Å². The molecular formula is C14H18ClNO4S. The van der Waals surface area contributed by atoms with E-state index in [-0.39, 0.29) is 13.2 Å². The first kappa shape index (κ1) is 16.1. The first-order valence-electron chi connectivity index (χ1n) is 6.62. The molecule has 2 rings (SSSR count). The lowest BCUT2D eigenvalue weighted by Crippen LogP contribution is -2.43. The molecule has 1 heterocycles. The van der Waals surface area contributed by atoms with E-state index in [1.807, 2.05) is 30.3 Å². The van der Waals surface area contributed by atoms with Crippen LogP contribution in [0.3, 0.4) is 0 Å². The fraction of sp³-hybridized carbons (Fsp3) is 0.500. The quantitative estimate of drug-likeness (QED) is 0.799. The molecule has 21 heavy (non-hydrogen) atoms. The number of ether oxygens (including phenoxy) is 1. The molecule has 1 aliphatic heterocycles. The average molecular weight is 332 g/mol. The van der Waals surface area contributed by atoms with Crippen molar-refractivity contribution >= 4 is 25.8 Å². The summed E-state index contributed by atoms with van der Waals surface area (Å²) < 4.78 is 28.2. The molecule has 0 spiro atoms. The zero-order valence-corrected chi connectivity index (χ0v) is 13.5. The Morgan fingerprint density at radius 3 is 2.52 bits per heavy atom. The van der Waals surface area contributed by atoms with Gasteiger partial charge < -0.3 is 9.64 Å². The van der Waals surface area contributed by atoms with Gasteiger partial charge >= 0.3 is 6.09 Å². The third kappa shape index (κ3) is 3.89. The van der Waals surface area contributed by atoms with Crippen LogP contribution in [0.25, 0.3) is 0 Å². The van der Waals surface area contributed by atoms with Gasteiger partial charge in [0.05, 0.1) is 5.25 Å². The number of hydrogen-bond donors (Lipinski definition) is 0. The number of nitrogens with zero attached hydrogens (tertiary/aromatic N) is 1. The predicted molar refractivity (Wildman–Crippen MR) is 80.6 cm³/mol. The standard InChI is InChI=1S/C14H18ClNO4S/c1-14(2)8-12(21(15,18)19)9-16(14)13(17)20-10-11-6-4-3-5-7-11/h3-7,12H,8-10H2,1-2H3. The molecule has 5 nitrogen and oxygen atoms in total. The largest absolute Gasteiger partial charge is 0.445 e. The number of hydrogen-bond acceptors (Lipinski definition) is 4. The van der Waals surface area contributed by atoms with Crippen LogP contribution in [0.15, 0.2) is 30.3 Å². The molecule has 1 saturated heterocycles. The van der Waals surface area contributed by atoms with E-state index < -0.39 is 25.9 Å². The molecule has 0 bridgehead atoms. The first-order valence-corrected chi connectivity index (χ1v) is 8.99. The molecule has 0 N–H and O–H groups in total. The van der Waals surface area contributed by atoms with E-state index in [1.165, 1.54) is 4.90 Å². The Bertz CT molecular complexity index is 615. The molecule has 0 radical (unpaired) electrons. The van der Waals surface area contributed by atoms with Gasteiger partial charge in [-0.1, -0.05) is 30.3 Å². The molecule has 1 aliphatic rings. The van der Waals surface area contributed by atoms with Crippen molar-refractivity contribution in [2.24, 2.45) is 0 Å². The van der Waals surface area contributed by atoms with Gasteiger partial charge in [-0.15, -0.1) is 0 Å². The number of rotatable bonds is 3. The van der Waals surface area contributed by atoms with Gasteiger partial charge in [-0.05, 0) is 25.8 Å². The molecule has 7 heteroatoms. The van der Waals surface area contributed by atoms with E-state index in [1.54, 1.807) is 13.8 Å². The zero-order valence-electron chi connectivity index (χ0n) is 12.0. The summed E-state index contributed by atoms with van der Waals surface area (Å²) in [7, 11) is 1.72. The molecule has 1 aromatic carbocycles. The van der Waals surface area contributed by atoms with Crippen molar-refractivity contribution in [3.05, 3.63) is 35.9 Å². The predicted octanol–water partition coefficient (Wildman–Crippen LogP) is 2.74. The minimum atomic E-state index is -3.68. The molecule has 0 aliphatic carbocycles. The Hall–Kier alpha value is -1.27. The van der Waals surface area contributed by atoms with Gasteiger partial charge in [0.1, 0.15) is 6.61 Å². The summed E-state index contributed by atoms with van der Waals surface area (Å²) in [5.41, 5.74) is 0.282. The average Bonchev–Trinajstić information content (AvgIpc) is 2.73. The molecule has 0 aromatic heterocycles. The maximum atomic E-state index is 12.2. The van der Waals surface area contributed by atoms with E-state index in [0.717, 1.165) is 5.56 Å². The van der Waals surface area contributed by atoms with Gasteiger partial charge in [0.15, 0.2) is 0 Å². The highest BCUT2D eigenvalue weighted by Crippen LogP contribution is 2.34. The molecule has 1 fully saturated rings. The summed E-state index contributed by atoms with van der Waals surface area (Å²) in [5.74, 6) is 0. The molecule has 0 saturated carbocycles. The second kappa shape index (κ2) is 5.85. The normalized spacial score (nSPS) is 21.3. The van der Waals surface area contributed by atoms with Crippen molar-refractivity contribution in [2.75, 3.05) is 6.54 Å². The number of benzene rings is 1. The fourth-order valence-electron chi connectivity index (χ4n) is 2.49. The molecule has 1 atom stereocenters. The Kier molecular flexibility index (Phi) is 4.49. The van der Waals surface area contributed by atoms with Gasteiger partial charge in [-0.3, -0.25) is 0 Å². The van der Waals surface area contributed by atoms with Crippen molar-refractivity contribution in [1.29, 1.82) is 0 Å². The molecular weight excluding hydrogens is 314 g/mol. The molecule has 1 unspecified atom stereocenters. The highest BCUT2D eigenvalue weighted by atomic mass is 35.7. The van der Waals surface area contributed by atoms with Crippen LogP contribution < -0.4 is 0 Å². The number of likely N-dealkylation sites (tertiary alicyclic amines) is 1. The van der Waals surface area contributed by atoms with Gasteiger partial charge in [0.2, 0.25) is 9.05 Å². The minimum absolute atomic E-state index is 0.0620. The van der Waals surface area contributed by atoms with Crippen molar-refractivity contribution in [3.8, 4) is 0 Å². The minimum Gasteiger partial charge on any atom is -0.445 e. The topological polar surface area (TPSA) is 63.7 Å². The Morgan fingerprint density at radius 2 is 2.00 bits per heavy atom. The Labute approximate surface area is 129 Å². The fourth-order valence-corrected chi connectivity index (χ4v) is 3.78. The number of halogens is 1. The SMILES string of the molecule is CC1(C)CC(S(=O)(=O)Cl)CN1C(=O)OCc1ccccc1. The summed E-state index contributed by atoms with van der Waals surface area (Å²) >= 11 is 0. The van der Waals surface area contributed by atoms with Crippen LogP contribution in [0.5, 0.6) is 0 Å². The van der Waals surface area contributed by atoms with E-state index >= 15 is 0 Å². The molecule has 1 aromatic rings. The van der Waals surface area contributed by atoms with Gasteiger partial charge in [-0.2, -0.15) is 0 Å². The van der Waals surface area contributed by atoms with Crippen LogP contribution in [0.2, 0.25) is 0 Å². The summed E-state index contributed by atoms with van der Waals surface area (Å²) in [6.07, 6.45) is -0.217. The van der Waals surface area contributed by atoms with Crippen LogP contribution in [-0.4, -0.2) is 36.7 Å². The van der Waals surface area contributed by atoms with Crippen LogP contribution in [0.4, 0.5) is 4.79 Å². The van der Waals surface area contributed by atoms with Crippen molar-refractivity contribution in [3.63, 3.8) is 0 Å². The summed E-state index contributed by atoms with van der Waals surface area (Å²) in [6.45, 7) is 3.83. The summed E-state index contributed by atoms with van der Waals surface area (Å²) in [5, 5.41) is -0.751. The Morgan fingerprint density at radius 1 is 1.38 bits per heavy atom. The van der Waals surface area contributed by atoms with Gasteiger partial charge in [0, 0.05) is 22.8 Å². The number of amides is 1. The van der Waals surface area contributed by atoms with Crippen LogP contribution in [0, 0.1) is 0 Å². The number of carbonyl (C=O) groups is 1. The van der Waals surface area contributed by atoms with Crippen molar-refractivity contribution in [1.82, 2.24) is 4.90 Å². The van der Waals surface area contributed by atoms with E-state index in [9.17, 15) is 13.2 Å². The van der Waals surface area contributed by atoms with Gasteiger partial charge in [0.25, 0.3) is 0 Å². The van der Waals surface area contributed by atoms with Crippen LogP contribution in [0.1, 0.15) is 25.8 Å². The highest BCUT2D eigenvalue weighted by molar-refractivity contribution is 8.14. The van der Waals surface area contributed by atoms with Crippen molar-refractivity contribution in [2.45, 2.75) is 37.7 Å². The second-order valence-electron chi connectivity index (χ2n) is 5.76.